The Hall–Kier alpha value is -0.860. The Balaban J connectivity index is 2.05. The minimum absolute atomic E-state index is 0.142. The minimum Gasteiger partial charge on any atom is -0.370 e. The molecular weight excluding hydrogens is 224 g/mol. The minimum atomic E-state index is -0.211. The number of hydrogen-bond acceptors (Lipinski definition) is 2. The van der Waals surface area contributed by atoms with Crippen molar-refractivity contribution in [1.29, 1.82) is 0 Å². The van der Waals surface area contributed by atoms with Crippen LogP contribution in [0, 0.1) is 6.92 Å². The maximum Gasteiger partial charge on any atom is 0.165 e. The zero-order valence-corrected chi connectivity index (χ0v) is 10.1. The molecule has 0 radical (unpaired) electrons. The molecule has 0 N–H and O–H groups in total. The van der Waals surface area contributed by atoms with Crippen molar-refractivity contribution in [3.63, 3.8) is 0 Å². The summed E-state index contributed by atoms with van der Waals surface area (Å²) in [7, 11) is 0. The lowest BCUT2D eigenvalue weighted by Crippen LogP contribution is -2.21. The van der Waals surface area contributed by atoms with E-state index in [9.17, 15) is 4.79 Å². The van der Waals surface area contributed by atoms with Crippen LogP contribution in [-0.2, 0) is 16.0 Å². The summed E-state index contributed by atoms with van der Waals surface area (Å²) in [6.45, 7) is 2.69. The smallest absolute Gasteiger partial charge is 0.165 e. The van der Waals surface area contributed by atoms with Crippen LogP contribution in [0.4, 0.5) is 0 Å². The quantitative estimate of drug-likeness (QED) is 0.809. The van der Waals surface area contributed by atoms with Gasteiger partial charge in [0, 0.05) is 18.1 Å². The second-order valence-corrected chi connectivity index (χ2v) is 4.65. The third kappa shape index (κ3) is 2.63. The van der Waals surface area contributed by atoms with Crippen molar-refractivity contribution >= 4 is 17.4 Å². The van der Waals surface area contributed by atoms with Gasteiger partial charge in [-0.15, -0.1) is 0 Å². The molecule has 1 heterocycles. The number of benzene rings is 1. The molecule has 0 aromatic heterocycles. The molecule has 1 saturated heterocycles. The Kier molecular flexibility index (Phi) is 3.62. The van der Waals surface area contributed by atoms with Crippen LogP contribution in [0.2, 0.25) is 5.02 Å². The fourth-order valence-electron chi connectivity index (χ4n) is 1.93. The van der Waals surface area contributed by atoms with Gasteiger partial charge >= 0.3 is 0 Å². The Morgan fingerprint density at radius 2 is 2.38 bits per heavy atom. The Morgan fingerprint density at radius 3 is 3.00 bits per heavy atom. The van der Waals surface area contributed by atoms with Crippen LogP contribution in [0.3, 0.4) is 0 Å². The van der Waals surface area contributed by atoms with Crippen LogP contribution < -0.4 is 0 Å². The Bertz CT molecular complexity index is 395. The molecular formula is C13H15ClO2. The average molecular weight is 239 g/mol. The third-order valence-electron chi connectivity index (χ3n) is 2.86. The number of ketones is 1. The number of carbonyl (C=O) groups excluding carboxylic acids is 1. The number of rotatable bonds is 3. The molecule has 0 saturated carbocycles. The first-order chi connectivity index (χ1) is 7.66. The van der Waals surface area contributed by atoms with E-state index in [4.69, 9.17) is 16.3 Å². The molecule has 2 rings (SSSR count). The van der Waals surface area contributed by atoms with E-state index in [2.05, 4.69) is 0 Å². The van der Waals surface area contributed by atoms with Gasteiger partial charge < -0.3 is 4.74 Å². The van der Waals surface area contributed by atoms with E-state index in [1.54, 1.807) is 0 Å². The number of hydrogen-bond donors (Lipinski definition) is 0. The maximum atomic E-state index is 11.9. The van der Waals surface area contributed by atoms with Gasteiger partial charge in [0.05, 0.1) is 0 Å². The summed E-state index contributed by atoms with van der Waals surface area (Å²) in [5.74, 6) is 0.142. The van der Waals surface area contributed by atoms with Crippen molar-refractivity contribution < 1.29 is 9.53 Å². The molecule has 2 nitrogen and oxygen atoms in total. The molecule has 1 aliphatic rings. The number of ether oxygens (including phenoxy) is 1. The molecule has 0 aliphatic carbocycles. The van der Waals surface area contributed by atoms with Crippen molar-refractivity contribution in [2.24, 2.45) is 0 Å². The molecule has 1 aromatic carbocycles. The SMILES string of the molecule is Cc1ccc(CC(=O)C2CCCO2)c(Cl)c1. The molecule has 1 fully saturated rings. The van der Waals surface area contributed by atoms with Crippen molar-refractivity contribution in [2.45, 2.75) is 32.3 Å². The lowest BCUT2D eigenvalue weighted by Gasteiger charge is -2.09. The molecule has 1 aliphatic heterocycles. The second kappa shape index (κ2) is 4.98. The first-order valence-electron chi connectivity index (χ1n) is 5.56. The summed E-state index contributed by atoms with van der Waals surface area (Å²) in [5, 5.41) is 0.673. The van der Waals surface area contributed by atoms with Gasteiger partial charge in [-0.2, -0.15) is 0 Å². The molecule has 0 bridgehead atoms. The summed E-state index contributed by atoms with van der Waals surface area (Å²) in [6.07, 6.45) is 2.00. The van der Waals surface area contributed by atoms with E-state index in [1.807, 2.05) is 25.1 Å². The molecule has 3 heteroatoms. The van der Waals surface area contributed by atoms with Gasteiger partial charge in [0.15, 0.2) is 5.78 Å². The second-order valence-electron chi connectivity index (χ2n) is 4.24. The van der Waals surface area contributed by atoms with Crippen molar-refractivity contribution in [1.82, 2.24) is 0 Å². The summed E-state index contributed by atoms with van der Waals surface area (Å²) in [5.41, 5.74) is 2.01. The van der Waals surface area contributed by atoms with E-state index in [0.717, 1.165) is 24.0 Å². The first kappa shape index (κ1) is 11.6. The highest BCUT2D eigenvalue weighted by atomic mass is 35.5. The maximum absolute atomic E-state index is 11.9. The van der Waals surface area contributed by atoms with E-state index >= 15 is 0 Å². The van der Waals surface area contributed by atoms with Gasteiger partial charge in [0.2, 0.25) is 0 Å². The number of halogens is 1. The van der Waals surface area contributed by atoms with Crippen molar-refractivity contribution in [2.75, 3.05) is 6.61 Å². The largest absolute Gasteiger partial charge is 0.370 e. The van der Waals surface area contributed by atoms with Crippen LogP contribution in [0.15, 0.2) is 18.2 Å². The van der Waals surface area contributed by atoms with E-state index < -0.39 is 0 Å². The predicted octanol–water partition coefficient (Wildman–Crippen LogP) is 2.94. The highest BCUT2D eigenvalue weighted by molar-refractivity contribution is 6.31. The van der Waals surface area contributed by atoms with Crippen LogP contribution in [0.1, 0.15) is 24.0 Å². The molecule has 16 heavy (non-hydrogen) atoms. The fourth-order valence-corrected chi connectivity index (χ4v) is 2.23. The average Bonchev–Trinajstić information content (AvgIpc) is 2.75. The van der Waals surface area contributed by atoms with Crippen LogP contribution in [0.25, 0.3) is 0 Å². The lowest BCUT2D eigenvalue weighted by molar-refractivity contribution is -0.127. The summed E-state index contributed by atoms with van der Waals surface area (Å²) >= 11 is 6.09. The number of carbonyl (C=O) groups is 1. The molecule has 1 unspecified atom stereocenters. The van der Waals surface area contributed by atoms with Gasteiger partial charge in [0.1, 0.15) is 6.10 Å². The van der Waals surface area contributed by atoms with Crippen LogP contribution in [0.5, 0.6) is 0 Å². The third-order valence-corrected chi connectivity index (χ3v) is 3.21. The highest BCUT2D eigenvalue weighted by Gasteiger charge is 2.23. The van der Waals surface area contributed by atoms with E-state index in [1.165, 1.54) is 0 Å². The monoisotopic (exact) mass is 238 g/mol. The molecule has 1 aromatic rings. The normalized spacial score (nSPS) is 20.0. The zero-order valence-electron chi connectivity index (χ0n) is 9.33. The van der Waals surface area contributed by atoms with Gasteiger partial charge in [-0.3, -0.25) is 4.79 Å². The van der Waals surface area contributed by atoms with Gasteiger partial charge in [0.25, 0.3) is 0 Å². The van der Waals surface area contributed by atoms with E-state index in [0.29, 0.717) is 18.1 Å². The van der Waals surface area contributed by atoms with Crippen molar-refractivity contribution in [3.05, 3.63) is 34.3 Å². The van der Waals surface area contributed by atoms with E-state index in [-0.39, 0.29) is 11.9 Å². The summed E-state index contributed by atoms with van der Waals surface area (Å²) < 4.78 is 5.36. The lowest BCUT2D eigenvalue weighted by atomic mass is 10.0. The van der Waals surface area contributed by atoms with Crippen molar-refractivity contribution in [3.8, 4) is 0 Å². The molecule has 1 atom stereocenters. The Labute approximate surface area is 101 Å². The molecule has 86 valence electrons. The Morgan fingerprint density at radius 1 is 1.56 bits per heavy atom. The number of Topliss-reactive ketones (excluding diaryl/α,β-unsaturated/α-hetero) is 1. The zero-order chi connectivity index (χ0) is 11.5. The van der Waals surface area contributed by atoms with Gasteiger partial charge in [-0.1, -0.05) is 23.7 Å². The summed E-state index contributed by atoms with van der Waals surface area (Å²) in [4.78, 5) is 11.9. The van der Waals surface area contributed by atoms with Crippen LogP contribution in [-0.4, -0.2) is 18.5 Å². The molecule has 0 amide bonds. The standard InChI is InChI=1S/C13H15ClO2/c1-9-4-5-10(11(14)7-9)8-12(15)13-3-2-6-16-13/h4-5,7,13H,2-3,6,8H2,1H3. The van der Waals surface area contributed by atoms with Crippen LogP contribution >= 0.6 is 11.6 Å². The molecule has 0 spiro atoms. The predicted molar refractivity (Wildman–Crippen MR) is 63.9 cm³/mol. The fraction of sp³-hybridized carbons (Fsp3) is 0.462. The topological polar surface area (TPSA) is 26.3 Å². The highest BCUT2D eigenvalue weighted by Crippen LogP contribution is 2.21. The summed E-state index contributed by atoms with van der Waals surface area (Å²) in [6, 6.07) is 5.79. The number of aryl methyl sites for hydroxylation is 1. The van der Waals surface area contributed by atoms with Gasteiger partial charge in [-0.05, 0) is 37.0 Å². The first-order valence-corrected chi connectivity index (χ1v) is 5.94. The van der Waals surface area contributed by atoms with Gasteiger partial charge in [-0.25, -0.2) is 0 Å².